The molecular formula is C24H27FN4O3. The van der Waals surface area contributed by atoms with Gasteiger partial charge in [0, 0.05) is 54.9 Å². The minimum Gasteiger partial charge on any atom is -0.379 e. The molecule has 3 aliphatic heterocycles. The van der Waals surface area contributed by atoms with E-state index in [0.717, 1.165) is 50.5 Å². The number of anilines is 1. The number of aromatic nitrogens is 1. The van der Waals surface area contributed by atoms with Crippen molar-refractivity contribution in [2.45, 2.75) is 26.3 Å². The maximum Gasteiger partial charge on any atom is 0.256 e. The fourth-order valence-corrected chi connectivity index (χ4v) is 5.01. The topological polar surface area (TPSA) is 77.7 Å². The molecule has 4 heterocycles. The van der Waals surface area contributed by atoms with E-state index in [2.05, 4.69) is 15.2 Å². The summed E-state index contributed by atoms with van der Waals surface area (Å²) in [4.78, 5) is 33.5. The Balaban J connectivity index is 1.39. The van der Waals surface area contributed by atoms with Gasteiger partial charge in [0.2, 0.25) is 0 Å². The summed E-state index contributed by atoms with van der Waals surface area (Å²) in [7, 11) is 0. The number of rotatable bonds is 3. The van der Waals surface area contributed by atoms with Gasteiger partial charge in [-0.15, -0.1) is 0 Å². The zero-order valence-corrected chi connectivity index (χ0v) is 18.3. The first-order valence-electron chi connectivity index (χ1n) is 11.1. The molecule has 0 radical (unpaired) electrons. The highest BCUT2D eigenvalue weighted by Crippen LogP contribution is 2.34. The number of aromatic amines is 1. The van der Waals surface area contributed by atoms with Crippen LogP contribution in [0.25, 0.3) is 11.6 Å². The minimum atomic E-state index is -0.398. The summed E-state index contributed by atoms with van der Waals surface area (Å²) >= 11 is 0. The van der Waals surface area contributed by atoms with Crippen LogP contribution in [0.15, 0.2) is 18.2 Å². The zero-order chi connectivity index (χ0) is 22.4. The van der Waals surface area contributed by atoms with E-state index in [-0.39, 0.29) is 11.8 Å². The van der Waals surface area contributed by atoms with Crippen LogP contribution in [0.1, 0.15) is 39.3 Å². The van der Waals surface area contributed by atoms with Crippen LogP contribution in [0.5, 0.6) is 0 Å². The predicted octanol–water partition coefficient (Wildman–Crippen LogP) is 2.81. The quantitative estimate of drug-likeness (QED) is 0.723. The van der Waals surface area contributed by atoms with Crippen molar-refractivity contribution in [3.63, 3.8) is 0 Å². The number of H-pyrrole nitrogens is 1. The van der Waals surface area contributed by atoms with Crippen LogP contribution >= 0.6 is 0 Å². The summed E-state index contributed by atoms with van der Waals surface area (Å²) < 4.78 is 19.2. The number of hydrogen-bond acceptors (Lipinski definition) is 4. The van der Waals surface area contributed by atoms with Crippen molar-refractivity contribution in [1.29, 1.82) is 0 Å². The highest BCUT2D eigenvalue weighted by Gasteiger charge is 2.33. The fraction of sp³-hybridized carbons (Fsp3) is 0.417. The van der Waals surface area contributed by atoms with E-state index < -0.39 is 5.82 Å². The van der Waals surface area contributed by atoms with E-state index >= 15 is 0 Å². The first-order chi connectivity index (χ1) is 15.4. The van der Waals surface area contributed by atoms with Crippen molar-refractivity contribution in [2.24, 2.45) is 0 Å². The maximum atomic E-state index is 13.8. The number of fused-ring (bicyclic) bond motifs is 1. The molecule has 2 aromatic rings. The molecule has 0 aliphatic carbocycles. The Morgan fingerprint density at radius 1 is 1.22 bits per heavy atom. The monoisotopic (exact) mass is 438 g/mol. The highest BCUT2D eigenvalue weighted by molar-refractivity contribution is 6.34. The molecule has 1 atom stereocenters. The van der Waals surface area contributed by atoms with E-state index in [0.29, 0.717) is 40.7 Å². The Morgan fingerprint density at radius 3 is 2.78 bits per heavy atom. The molecule has 1 aromatic carbocycles. The van der Waals surface area contributed by atoms with E-state index in [4.69, 9.17) is 4.74 Å². The number of benzene rings is 1. The van der Waals surface area contributed by atoms with E-state index in [1.807, 2.05) is 18.7 Å². The van der Waals surface area contributed by atoms with E-state index in [9.17, 15) is 14.0 Å². The molecule has 0 bridgehead atoms. The molecule has 0 unspecified atom stereocenters. The molecule has 32 heavy (non-hydrogen) atoms. The largest absolute Gasteiger partial charge is 0.379 e. The van der Waals surface area contributed by atoms with Gasteiger partial charge >= 0.3 is 0 Å². The number of carbonyl (C=O) groups excluding carboxylic acids is 2. The molecule has 2 N–H and O–H groups in total. The third-order valence-electron chi connectivity index (χ3n) is 6.76. The van der Waals surface area contributed by atoms with Crippen molar-refractivity contribution < 1.29 is 18.7 Å². The number of morpholine rings is 1. The summed E-state index contributed by atoms with van der Waals surface area (Å²) in [5.41, 5.74) is 4.42. The third-order valence-corrected chi connectivity index (χ3v) is 6.76. The smallest absolute Gasteiger partial charge is 0.256 e. The average molecular weight is 439 g/mol. The van der Waals surface area contributed by atoms with Crippen LogP contribution in [-0.2, 0) is 9.53 Å². The summed E-state index contributed by atoms with van der Waals surface area (Å²) in [6.45, 7) is 8.54. The summed E-state index contributed by atoms with van der Waals surface area (Å²) in [5.74, 6) is -0.665. The molecule has 0 spiro atoms. The van der Waals surface area contributed by atoms with Crippen LogP contribution in [-0.4, -0.2) is 72.0 Å². The van der Waals surface area contributed by atoms with Gasteiger partial charge in [-0.25, -0.2) is 4.39 Å². The van der Waals surface area contributed by atoms with E-state index in [1.165, 1.54) is 12.1 Å². The summed E-state index contributed by atoms with van der Waals surface area (Å²) in [6.07, 6.45) is 2.67. The first kappa shape index (κ1) is 20.9. The number of amides is 2. The molecule has 168 valence electrons. The van der Waals surface area contributed by atoms with Gasteiger partial charge in [-0.2, -0.15) is 0 Å². The number of aryl methyl sites for hydroxylation is 1. The molecular weight excluding hydrogens is 411 g/mol. The lowest BCUT2D eigenvalue weighted by Crippen LogP contribution is -2.45. The molecule has 2 saturated heterocycles. The van der Waals surface area contributed by atoms with Gasteiger partial charge in [-0.1, -0.05) is 0 Å². The van der Waals surface area contributed by atoms with E-state index in [1.54, 1.807) is 12.1 Å². The number of nitrogens with zero attached hydrogens (tertiary/aromatic N) is 2. The summed E-state index contributed by atoms with van der Waals surface area (Å²) in [5, 5.41) is 2.76. The second-order valence-electron chi connectivity index (χ2n) is 8.71. The second kappa shape index (κ2) is 8.18. The van der Waals surface area contributed by atoms with Crippen molar-refractivity contribution in [2.75, 3.05) is 44.7 Å². The van der Waals surface area contributed by atoms with Gasteiger partial charge < -0.3 is 19.9 Å². The van der Waals surface area contributed by atoms with Crippen LogP contribution in [0.2, 0.25) is 0 Å². The molecule has 2 fully saturated rings. The molecule has 8 heteroatoms. The predicted molar refractivity (Wildman–Crippen MR) is 120 cm³/mol. The Morgan fingerprint density at radius 2 is 2.00 bits per heavy atom. The Labute approximate surface area is 186 Å². The SMILES string of the molecule is Cc1[nH]c(C=C2C(=O)Nc3ccc(F)cc32)c(C)c1C(=O)N1CC[C@H](N2CCOCC2)C1. The third kappa shape index (κ3) is 3.63. The molecule has 2 amide bonds. The normalized spacial score (nSPS) is 22.5. The molecule has 7 nitrogen and oxygen atoms in total. The second-order valence-corrected chi connectivity index (χ2v) is 8.71. The van der Waals surface area contributed by atoms with Crippen molar-refractivity contribution in [3.05, 3.63) is 52.1 Å². The molecule has 1 aromatic heterocycles. The van der Waals surface area contributed by atoms with Gasteiger partial charge in [0.15, 0.2) is 0 Å². The minimum absolute atomic E-state index is 0.0129. The summed E-state index contributed by atoms with van der Waals surface area (Å²) in [6, 6.07) is 4.61. The fourth-order valence-electron chi connectivity index (χ4n) is 5.01. The lowest BCUT2D eigenvalue weighted by atomic mass is 10.0. The first-order valence-corrected chi connectivity index (χ1v) is 11.1. The van der Waals surface area contributed by atoms with Crippen LogP contribution in [0.3, 0.4) is 0 Å². The lowest BCUT2D eigenvalue weighted by Gasteiger charge is -2.32. The van der Waals surface area contributed by atoms with Crippen molar-refractivity contribution >= 4 is 29.2 Å². The van der Waals surface area contributed by atoms with Crippen molar-refractivity contribution in [1.82, 2.24) is 14.8 Å². The number of ether oxygens (including phenoxy) is 1. The van der Waals surface area contributed by atoms with Crippen LogP contribution < -0.4 is 5.32 Å². The average Bonchev–Trinajstić information content (AvgIpc) is 3.46. The Kier molecular flexibility index (Phi) is 5.35. The number of carbonyl (C=O) groups is 2. The van der Waals surface area contributed by atoms with Crippen LogP contribution in [0, 0.1) is 19.7 Å². The number of nitrogens with one attached hydrogen (secondary N) is 2. The number of halogens is 1. The van der Waals surface area contributed by atoms with Crippen molar-refractivity contribution in [3.8, 4) is 0 Å². The molecule has 0 saturated carbocycles. The maximum absolute atomic E-state index is 13.8. The number of likely N-dealkylation sites (tertiary alicyclic amines) is 1. The van der Waals surface area contributed by atoms with Gasteiger partial charge in [0.05, 0.1) is 24.4 Å². The number of hydrogen-bond donors (Lipinski definition) is 2. The Hall–Kier alpha value is -2.97. The lowest BCUT2D eigenvalue weighted by molar-refractivity contribution is -0.110. The molecule has 3 aliphatic rings. The van der Waals surface area contributed by atoms with Crippen LogP contribution in [0.4, 0.5) is 10.1 Å². The molecule has 5 rings (SSSR count). The Bertz CT molecular complexity index is 1120. The van der Waals surface area contributed by atoms with Gasteiger partial charge in [0.25, 0.3) is 11.8 Å². The van der Waals surface area contributed by atoms with Gasteiger partial charge in [-0.3, -0.25) is 14.5 Å². The zero-order valence-electron chi connectivity index (χ0n) is 18.3. The standard InChI is InChI=1S/C24H27FN4O3/c1-14-21(12-19-18-11-16(25)3-4-20(18)27-23(19)30)26-15(2)22(14)24(31)29-6-5-17(13-29)28-7-9-32-10-8-28/h3-4,11-12,17,26H,5-10,13H2,1-2H3,(H,27,30)/t17-/m0/s1. The van der Waals surface area contributed by atoms with Gasteiger partial charge in [0.1, 0.15) is 5.82 Å². The van der Waals surface area contributed by atoms with Gasteiger partial charge in [-0.05, 0) is 50.1 Å². The highest BCUT2D eigenvalue weighted by atomic mass is 19.1.